The number of carboxylic acids is 1. The summed E-state index contributed by atoms with van der Waals surface area (Å²) in [6.45, 7) is 2.25. The van der Waals surface area contributed by atoms with Gasteiger partial charge in [-0.25, -0.2) is 4.98 Å². The average molecular weight is 446 g/mol. The minimum absolute atomic E-state index is 0.242. The molecule has 0 radical (unpaired) electrons. The summed E-state index contributed by atoms with van der Waals surface area (Å²) in [6, 6.07) is 22.3. The summed E-state index contributed by atoms with van der Waals surface area (Å²) in [7, 11) is 0. The van der Waals surface area contributed by atoms with Crippen molar-refractivity contribution in [2.24, 2.45) is 5.92 Å². The van der Waals surface area contributed by atoms with Crippen molar-refractivity contribution >= 4 is 23.2 Å². The number of likely N-dealkylation sites (tertiary alicyclic amines) is 1. The molecule has 1 saturated heterocycles. The van der Waals surface area contributed by atoms with Gasteiger partial charge in [0.05, 0.1) is 17.3 Å². The highest BCUT2D eigenvalue weighted by atomic mass is 35.5. The lowest BCUT2D eigenvalue weighted by Gasteiger charge is -2.30. The standard InChI is InChI=1S/C26H24ClN3O2/c27-22-9-6-19(7-10-22)25-23(17-29-14-12-20(13-15-29)26(31)32)30-16-21(8-11-24(30)28-25)18-4-2-1-3-5-18/h1-11,16,20H,12-15,17H2,(H,31,32). The molecule has 0 bridgehead atoms. The van der Waals surface area contributed by atoms with Crippen LogP contribution in [0.25, 0.3) is 28.0 Å². The largest absolute Gasteiger partial charge is 0.481 e. The smallest absolute Gasteiger partial charge is 0.306 e. The first-order valence-corrected chi connectivity index (χ1v) is 11.2. The molecule has 2 aromatic heterocycles. The number of rotatable bonds is 5. The van der Waals surface area contributed by atoms with Gasteiger partial charge in [0.15, 0.2) is 0 Å². The fraction of sp³-hybridized carbons (Fsp3) is 0.231. The van der Waals surface area contributed by atoms with E-state index in [1.165, 1.54) is 0 Å². The number of halogens is 1. The fourth-order valence-corrected chi connectivity index (χ4v) is 4.56. The minimum Gasteiger partial charge on any atom is -0.481 e. The second kappa shape index (κ2) is 8.77. The van der Waals surface area contributed by atoms with Crippen LogP contribution in [0.15, 0.2) is 72.9 Å². The molecule has 5 rings (SSSR count). The van der Waals surface area contributed by atoms with Crippen LogP contribution in [0.1, 0.15) is 18.5 Å². The monoisotopic (exact) mass is 445 g/mol. The van der Waals surface area contributed by atoms with Gasteiger partial charge >= 0.3 is 5.97 Å². The topological polar surface area (TPSA) is 57.8 Å². The van der Waals surface area contributed by atoms with Crippen LogP contribution in [-0.2, 0) is 11.3 Å². The number of fused-ring (bicyclic) bond motifs is 1. The van der Waals surface area contributed by atoms with Gasteiger partial charge in [0.25, 0.3) is 0 Å². The Hall–Kier alpha value is -3.15. The summed E-state index contributed by atoms with van der Waals surface area (Å²) < 4.78 is 2.18. The number of imidazole rings is 1. The second-order valence-electron chi connectivity index (χ2n) is 8.31. The predicted octanol–water partition coefficient (Wildman–Crippen LogP) is 5.62. The van der Waals surface area contributed by atoms with E-state index < -0.39 is 5.97 Å². The van der Waals surface area contributed by atoms with Crippen LogP contribution in [0.4, 0.5) is 0 Å². The molecular formula is C26H24ClN3O2. The van der Waals surface area contributed by atoms with Crippen LogP contribution in [-0.4, -0.2) is 38.4 Å². The first-order chi connectivity index (χ1) is 15.6. The van der Waals surface area contributed by atoms with E-state index in [1.807, 2.05) is 42.5 Å². The van der Waals surface area contributed by atoms with Crippen molar-refractivity contribution in [1.82, 2.24) is 14.3 Å². The SMILES string of the molecule is O=C(O)C1CCN(Cc2c(-c3ccc(Cl)cc3)nc3ccc(-c4ccccc4)cn23)CC1. The summed E-state index contributed by atoms with van der Waals surface area (Å²) >= 11 is 6.12. The number of piperidine rings is 1. The maximum atomic E-state index is 11.3. The predicted molar refractivity (Wildman–Crippen MR) is 127 cm³/mol. The van der Waals surface area contributed by atoms with Crippen molar-refractivity contribution in [2.75, 3.05) is 13.1 Å². The molecule has 0 saturated carbocycles. The Kier molecular flexibility index (Phi) is 5.68. The lowest BCUT2D eigenvalue weighted by Crippen LogP contribution is -2.36. The fourth-order valence-electron chi connectivity index (χ4n) is 4.43. The number of hydrogen-bond donors (Lipinski definition) is 1. The van der Waals surface area contributed by atoms with Gasteiger partial charge in [-0.2, -0.15) is 0 Å². The van der Waals surface area contributed by atoms with Gasteiger partial charge in [-0.1, -0.05) is 54.1 Å². The van der Waals surface area contributed by atoms with Gasteiger partial charge < -0.3 is 9.51 Å². The number of carbonyl (C=O) groups is 1. The van der Waals surface area contributed by atoms with E-state index in [0.717, 1.165) is 46.8 Å². The van der Waals surface area contributed by atoms with Gasteiger partial charge in [-0.3, -0.25) is 9.69 Å². The molecule has 0 unspecified atom stereocenters. The van der Waals surface area contributed by atoms with Crippen molar-refractivity contribution < 1.29 is 9.90 Å². The van der Waals surface area contributed by atoms with Crippen LogP contribution in [0.2, 0.25) is 5.02 Å². The van der Waals surface area contributed by atoms with Gasteiger partial charge in [0, 0.05) is 23.3 Å². The van der Waals surface area contributed by atoms with Crippen LogP contribution in [0.3, 0.4) is 0 Å². The number of carboxylic acid groups (broad SMARTS) is 1. The van der Waals surface area contributed by atoms with E-state index in [2.05, 4.69) is 39.8 Å². The van der Waals surface area contributed by atoms with E-state index in [4.69, 9.17) is 16.6 Å². The number of nitrogens with zero attached hydrogens (tertiary/aromatic N) is 3. The molecule has 0 spiro atoms. The van der Waals surface area contributed by atoms with Gasteiger partial charge in [-0.15, -0.1) is 0 Å². The lowest BCUT2D eigenvalue weighted by molar-refractivity contribution is -0.143. The number of pyridine rings is 1. The minimum atomic E-state index is -0.686. The molecule has 4 aromatic rings. The Bertz CT molecular complexity index is 1240. The molecule has 3 heterocycles. The molecule has 1 N–H and O–H groups in total. The Labute approximate surface area is 191 Å². The normalized spacial score (nSPS) is 15.3. The molecule has 0 atom stereocenters. The second-order valence-corrected chi connectivity index (χ2v) is 8.75. The molecule has 6 heteroatoms. The third kappa shape index (κ3) is 4.14. The van der Waals surface area contributed by atoms with Crippen LogP contribution < -0.4 is 0 Å². The van der Waals surface area contributed by atoms with Crippen molar-refractivity contribution in [2.45, 2.75) is 19.4 Å². The van der Waals surface area contributed by atoms with E-state index in [0.29, 0.717) is 24.4 Å². The molecule has 5 nitrogen and oxygen atoms in total. The van der Waals surface area contributed by atoms with Crippen molar-refractivity contribution in [3.8, 4) is 22.4 Å². The number of hydrogen-bond acceptors (Lipinski definition) is 3. The Balaban J connectivity index is 1.56. The van der Waals surface area contributed by atoms with E-state index in [1.54, 1.807) is 0 Å². The zero-order valence-corrected chi connectivity index (χ0v) is 18.4. The van der Waals surface area contributed by atoms with Crippen molar-refractivity contribution in [3.05, 3.63) is 83.6 Å². The van der Waals surface area contributed by atoms with Crippen LogP contribution in [0.5, 0.6) is 0 Å². The van der Waals surface area contributed by atoms with Crippen molar-refractivity contribution in [1.29, 1.82) is 0 Å². The Morgan fingerprint density at radius 3 is 2.31 bits per heavy atom. The number of benzene rings is 2. The molecular weight excluding hydrogens is 422 g/mol. The Morgan fingerprint density at radius 2 is 1.62 bits per heavy atom. The van der Waals surface area contributed by atoms with E-state index in [9.17, 15) is 9.90 Å². The lowest BCUT2D eigenvalue weighted by atomic mass is 9.97. The first kappa shape index (κ1) is 20.7. The molecule has 162 valence electrons. The summed E-state index contributed by atoms with van der Waals surface area (Å²) in [5, 5.41) is 10.0. The summed E-state index contributed by atoms with van der Waals surface area (Å²) in [6.07, 6.45) is 3.51. The van der Waals surface area contributed by atoms with Crippen molar-refractivity contribution in [3.63, 3.8) is 0 Å². The number of aliphatic carboxylic acids is 1. The van der Waals surface area contributed by atoms with Crippen LogP contribution in [0, 0.1) is 5.92 Å². The maximum absolute atomic E-state index is 11.3. The highest BCUT2D eigenvalue weighted by Gasteiger charge is 2.26. The quantitative estimate of drug-likeness (QED) is 0.433. The highest BCUT2D eigenvalue weighted by molar-refractivity contribution is 6.30. The number of aromatic nitrogens is 2. The molecule has 1 aliphatic heterocycles. The first-order valence-electron chi connectivity index (χ1n) is 10.9. The van der Waals surface area contributed by atoms with E-state index >= 15 is 0 Å². The van der Waals surface area contributed by atoms with Gasteiger partial charge in [0.2, 0.25) is 0 Å². The van der Waals surface area contributed by atoms with Crippen LogP contribution >= 0.6 is 11.6 Å². The third-order valence-corrected chi connectivity index (χ3v) is 6.50. The van der Waals surface area contributed by atoms with Gasteiger partial charge in [0.1, 0.15) is 5.65 Å². The maximum Gasteiger partial charge on any atom is 0.306 e. The average Bonchev–Trinajstić information content (AvgIpc) is 3.18. The molecule has 2 aromatic carbocycles. The Morgan fingerprint density at radius 1 is 0.938 bits per heavy atom. The molecule has 0 aliphatic carbocycles. The molecule has 32 heavy (non-hydrogen) atoms. The third-order valence-electron chi connectivity index (χ3n) is 6.25. The molecule has 1 aliphatic rings. The zero-order valence-electron chi connectivity index (χ0n) is 17.6. The zero-order chi connectivity index (χ0) is 22.1. The molecule has 0 amide bonds. The summed E-state index contributed by atoms with van der Waals surface area (Å²) in [5.41, 5.74) is 6.24. The molecule has 1 fully saturated rings. The summed E-state index contributed by atoms with van der Waals surface area (Å²) in [4.78, 5) is 18.6. The van der Waals surface area contributed by atoms with Gasteiger partial charge in [-0.05, 0) is 61.3 Å². The van der Waals surface area contributed by atoms with E-state index in [-0.39, 0.29) is 5.92 Å². The summed E-state index contributed by atoms with van der Waals surface area (Å²) in [5.74, 6) is -0.928. The highest BCUT2D eigenvalue weighted by Crippen LogP contribution is 2.30.